The topological polar surface area (TPSA) is 46.2 Å². The number of hydrogen-bond donors (Lipinski definition) is 1. The van der Waals surface area contributed by atoms with Gasteiger partial charge in [0.05, 0.1) is 5.75 Å². The second-order valence-corrected chi connectivity index (χ2v) is 8.20. The van der Waals surface area contributed by atoms with Crippen molar-refractivity contribution in [3.63, 3.8) is 0 Å². The van der Waals surface area contributed by atoms with Gasteiger partial charge < -0.3 is 5.32 Å². The van der Waals surface area contributed by atoms with Crippen LogP contribution in [0.3, 0.4) is 0 Å². The summed E-state index contributed by atoms with van der Waals surface area (Å²) in [5, 5.41) is 3.54. The lowest BCUT2D eigenvalue weighted by molar-refractivity contribution is 0.492. The molecule has 0 aliphatic carbocycles. The first-order valence-electron chi connectivity index (χ1n) is 7.90. The van der Waals surface area contributed by atoms with Crippen LogP contribution in [0.1, 0.15) is 55.8 Å². The van der Waals surface area contributed by atoms with E-state index in [9.17, 15) is 8.42 Å². The van der Waals surface area contributed by atoms with E-state index in [1.807, 2.05) is 0 Å². The van der Waals surface area contributed by atoms with E-state index in [1.165, 1.54) is 16.7 Å². The molecule has 4 heteroatoms. The lowest BCUT2D eigenvalue weighted by Crippen LogP contribution is -2.23. The summed E-state index contributed by atoms with van der Waals surface area (Å²) >= 11 is 0. The lowest BCUT2D eigenvalue weighted by atomic mass is 9.98. The van der Waals surface area contributed by atoms with Gasteiger partial charge >= 0.3 is 0 Å². The molecule has 1 atom stereocenters. The van der Waals surface area contributed by atoms with Gasteiger partial charge in [0.1, 0.15) is 9.84 Å². The quantitative estimate of drug-likeness (QED) is 0.758. The van der Waals surface area contributed by atoms with Crippen molar-refractivity contribution in [2.24, 2.45) is 0 Å². The number of benzene rings is 1. The molecule has 0 bridgehead atoms. The summed E-state index contributed by atoms with van der Waals surface area (Å²) in [5.74, 6) is 0.530. The zero-order chi connectivity index (χ0) is 15.9. The summed E-state index contributed by atoms with van der Waals surface area (Å²) in [6.45, 7) is 9.05. The SMILES string of the molecule is CCCNC(CCCS(=O)(=O)CC)c1ccc(C)c(C)c1. The van der Waals surface area contributed by atoms with E-state index in [-0.39, 0.29) is 11.8 Å². The summed E-state index contributed by atoms with van der Waals surface area (Å²) in [5.41, 5.74) is 3.85. The first kappa shape index (κ1) is 18.2. The minimum atomic E-state index is -2.86. The Hall–Kier alpha value is -0.870. The molecule has 0 heterocycles. The molecule has 3 nitrogen and oxygen atoms in total. The molecular weight excluding hydrogens is 282 g/mol. The van der Waals surface area contributed by atoms with Crippen LogP contribution in [0.15, 0.2) is 18.2 Å². The molecule has 0 saturated heterocycles. The number of aryl methyl sites for hydroxylation is 2. The van der Waals surface area contributed by atoms with E-state index in [0.29, 0.717) is 12.2 Å². The third-order valence-electron chi connectivity index (χ3n) is 3.96. The fourth-order valence-electron chi connectivity index (χ4n) is 2.34. The molecular formula is C17H29NO2S. The van der Waals surface area contributed by atoms with Gasteiger partial charge in [-0.3, -0.25) is 0 Å². The van der Waals surface area contributed by atoms with Crippen molar-refractivity contribution in [2.45, 2.75) is 53.0 Å². The first-order chi connectivity index (χ1) is 9.89. The van der Waals surface area contributed by atoms with Crippen LogP contribution in [0.5, 0.6) is 0 Å². The average Bonchev–Trinajstić information content (AvgIpc) is 2.45. The van der Waals surface area contributed by atoms with Crippen molar-refractivity contribution >= 4 is 9.84 Å². The summed E-state index contributed by atoms with van der Waals surface area (Å²) < 4.78 is 23.2. The first-order valence-corrected chi connectivity index (χ1v) is 9.72. The Kier molecular flexibility index (Phi) is 7.40. The highest BCUT2D eigenvalue weighted by atomic mass is 32.2. The minimum Gasteiger partial charge on any atom is -0.310 e. The molecule has 0 amide bonds. The Morgan fingerprint density at radius 2 is 1.86 bits per heavy atom. The highest BCUT2D eigenvalue weighted by Gasteiger charge is 2.14. The summed E-state index contributed by atoms with van der Waals surface area (Å²) in [6.07, 6.45) is 2.65. The summed E-state index contributed by atoms with van der Waals surface area (Å²) in [4.78, 5) is 0. The van der Waals surface area contributed by atoms with Gasteiger partial charge in [-0.2, -0.15) is 0 Å². The Morgan fingerprint density at radius 1 is 1.14 bits per heavy atom. The van der Waals surface area contributed by atoms with Crippen LogP contribution < -0.4 is 5.32 Å². The van der Waals surface area contributed by atoms with Crippen LogP contribution in [0.4, 0.5) is 0 Å². The Labute approximate surface area is 130 Å². The largest absolute Gasteiger partial charge is 0.310 e. The second kappa shape index (κ2) is 8.54. The molecule has 0 radical (unpaired) electrons. The molecule has 0 fully saturated rings. The molecule has 0 aliphatic heterocycles. The van der Waals surface area contributed by atoms with Gasteiger partial charge in [-0.15, -0.1) is 0 Å². The maximum absolute atomic E-state index is 11.6. The van der Waals surface area contributed by atoms with E-state index in [1.54, 1.807) is 6.92 Å². The molecule has 1 N–H and O–H groups in total. The van der Waals surface area contributed by atoms with Crippen LogP contribution in [0.2, 0.25) is 0 Å². The predicted octanol–water partition coefficient (Wildman–Crippen LogP) is 3.56. The van der Waals surface area contributed by atoms with Crippen LogP contribution in [0.25, 0.3) is 0 Å². The Morgan fingerprint density at radius 3 is 2.43 bits per heavy atom. The van der Waals surface area contributed by atoms with E-state index < -0.39 is 9.84 Å². The third-order valence-corrected chi connectivity index (χ3v) is 5.75. The van der Waals surface area contributed by atoms with Gasteiger partial charge in [-0.25, -0.2) is 8.42 Å². The normalized spacial score (nSPS) is 13.3. The molecule has 1 aromatic rings. The summed E-state index contributed by atoms with van der Waals surface area (Å²) in [7, 11) is -2.86. The molecule has 21 heavy (non-hydrogen) atoms. The zero-order valence-electron chi connectivity index (χ0n) is 13.8. The molecule has 0 saturated carbocycles. The fraction of sp³-hybridized carbons (Fsp3) is 0.647. The average molecular weight is 311 g/mol. The van der Waals surface area contributed by atoms with Crippen molar-refractivity contribution in [3.05, 3.63) is 34.9 Å². The van der Waals surface area contributed by atoms with Crippen LogP contribution in [-0.2, 0) is 9.84 Å². The summed E-state index contributed by atoms with van der Waals surface area (Å²) in [6, 6.07) is 6.77. The number of hydrogen-bond acceptors (Lipinski definition) is 3. The van der Waals surface area contributed by atoms with Crippen molar-refractivity contribution in [3.8, 4) is 0 Å². The molecule has 120 valence electrons. The van der Waals surface area contributed by atoms with Gasteiger partial charge in [0.15, 0.2) is 0 Å². The lowest BCUT2D eigenvalue weighted by Gasteiger charge is -2.20. The smallest absolute Gasteiger partial charge is 0.150 e. The zero-order valence-corrected chi connectivity index (χ0v) is 14.6. The van der Waals surface area contributed by atoms with Crippen LogP contribution in [0, 0.1) is 13.8 Å². The van der Waals surface area contributed by atoms with Gasteiger partial charge in [0.25, 0.3) is 0 Å². The third kappa shape index (κ3) is 6.18. The molecule has 1 rings (SSSR count). The van der Waals surface area contributed by atoms with E-state index in [2.05, 4.69) is 44.3 Å². The highest BCUT2D eigenvalue weighted by molar-refractivity contribution is 7.91. The van der Waals surface area contributed by atoms with Crippen molar-refractivity contribution in [2.75, 3.05) is 18.1 Å². The molecule has 0 spiro atoms. The van der Waals surface area contributed by atoms with E-state index in [4.69, 9.17) is 0 Å². The standard InChI is InChI=1S/C17H29NO2S/c1-5-11-18-17(8-7-12-21(19,20)6-2)16-10-9-14(3)15(4)13-16/h9-10,13,17-18H,5-8,11-12H2,1-4H3. The van der Waals surface area contributed by atoms with E-state index in [0.717, 1.165) is 19.4 Å². The molecule has 1 aromatic carbocycles. The Bertz CT molecular complexity index is 538. The molecule has 1 unspecified atom stereocenters. The molecule has 0 aliphatic rings. The number of nitrogens with one attached hydrogen (secondary N) is 1. The van der Waals surface area contributed by atoms with Crippen molar-refractivity contribution < 1.29 is 8.42 Å². The fourth-order valence-corrected chi connectivity index (χ4v) is 3.23. The van der Waals surface area contributed by atoms with Crippen LogP contribution in [-0.4, -0.2) is 26.5 Å². The second-order valence-electron chi connectivity index (χ2n) is 5.73. The van der Waals surface area contributed by atoms with Gasteiger partial charge in [0, 0.05) is 11.8 Å². The number of sulfone groups is 1. The maximum Gasteiger partial charge on any atom is 0.150 e. The minimum absolute atomic E-state index is 0.240. The maximum atomic E-state index is 11.6. The predicted molar refractivity (Wildman–Crippen MR) is 90.5 cm³/mol. The van der Waals surface area contributed by atoms with Gasteiger partial charge in [-0.1, -0.05) is 32.0 Å². The van der Waals surface area contributed by atoms with Crippen molar-refractivity contribution in [1.82, 2.24) is 5.32 Å². The Balaban J connectivity index is 2.73. The van der Waals surface area contributed by atoms with Gasteiger partial charge in [-0.05, 0) is 56.3 Å². The molecule has 0 aromatic heterocycles. The van der Waals surface area contributed by atoms with Crippen molar-refractivity contribution in [1.29, 1.82) is 0 Å². The van der Waals surface area contributed by atoms with Gasteiger partial charge in [0.2, 0.25) is 0 Å². The van der Waals surface area contributed by atoms with E-state index >= 15 is 0 Å². The number of rotatable bonds is 9. The van der Waals surface area contributed by atoms with Crippen LogP contribution >= 0.6 is 0 Å². The highest BCUT2D eigenvalue weighted by Crippen LogP contribution is 2.21. The monoisotopic (exact) mass is 311 g/mol.